The van der Waals surface area contributed by atoms with Crippen LogP contribution in [0.15, 0.2) is 42.5 Å². The number of non-ortho nitro benzene ring substituents is 1. The van der Waals surface area contributed by atoms with Gasteiger partial charge in [0.25, 0.3) is 11.6 Å². The Morgan fingerprint density at radius 3 is 2.73 bits per heavy atom. The maximum atomic E-state index is 12.8. The van der Waals surface area contributed by atoms with Gasteiger partial charge in [-0.3, -0.25) is 14.9 Å². The number of benzene rings is 2. The molecule has 1 amide bonds. The standard InChI is InChI=1S/C18H17ClN2O5/c1-2-20(10-13-11-25-16-5-3-4-6-17(16)26-13)18(22)14-9-12(21(23)24)7-8-15(14)19/h3-9,13H,2,10-11H2,1H3. The summed E-state index contributed by atoms with van der Waals surface area (Å²) in [5.41, 5.74) is -0.0835. The first-order chi connectivity index (χ1) is 12.5. The lowest BCUT2D eigenvalue weighted by Crippen LogP contribution is -2.43. The van der Waals surface area contributed by atoms with E-state index in [2.05, 4.69) is 0 Å². The van der Waals surface area contributed by atoms with Crippen molar-refractivity contribution in [3.63, 3.8) is 0 Å². The van der Waals surface area contributed by atoms with Gasteiger partial charge < -0.3 is 14.4 Å². The second-order valence-corrected chi connectivity index (χ2v) is 6.17. The Bertz CT molecular complexity index is 842. The molecular weight excluding hydrogens is 360 g/mol. The van der Waals surface area contributed by atoms with Gasteiger partial charge in [-0.2, -0.15) is 0 Å². The molecule has 0 fully saturated rings. The average molecular weight is 377 g/mol. The third kappa shape index (κ3) is 3.72. The zero-order chi connectivity index (χ0) is 18.7. The molecule has 7 nitrogen and oxygen atoms in total. The van der Waals surface area contributed by atoms with Crippen LogP contribution in [0.2, 0.25) is 5.02 Å². The van der Waals surface area contributed by atoms with Gasteiger partial charge in [-0.15, -0.1) is 0 Å². The molecule has 3 rings (SSSR count). The molecule has 0 saturated heterocycles. The van der Waals surface area contributed by atoms with Crippen molar-refractivity contribution in [1.82, 2.24) is 4.90 Å². The van der Waals surface area contributed by atoms with Crippen LogP contribution in [-0.2, 0) is 0 Å². The van der Waals surface area contributed by atoms with E-state index in [1.807, 2.05) is 25.1 Å². The van der Waals surface area contributed by atoms with Crippen LogP contribution in [0.4, 0.5) is 5.69 Å². The summed E-state index contributed by atoms with van der Waals surface area (Å²) < 4.78 is 11.5. The fourth-order valence-electron chi connectivity index (χ4n) is 2.72. The van der Waals surface area contributed by atoms with E-state index in [0.29, 0.717) is 24.7 Å². The van der Waals surface area contributed by atoms with E-state index in [-0.39, 0.29) is 34.8 Å². The number of para-hydroxylation sites is 2. The number of rotatable bonds is 5. The van der Waals surface area contributed by atoms with Crippen molar-refractivity contribution in [1.29, 1.82) is 0 Å². The lowest BCUT2D eigenvalue weighted by atomic mass is 10.1. The van der Waals surface area contributed by atoms with Crippen LogP contribution in [0, 0.1) is 10.1 Å². The molecule has 0 aliphatic carbocycles. The van der Waals surface area contributed by atoms with Crippen LogP contribution in [0.3, 0.4) is 0 Å². The van der Waals surface area contributed by atoms with Gasteiger partial charge in [0, 0.05) is 18.7 Å². The Kier molecular flexibility index (Phi) is 5.27. The first kappa shape index (κ1) is 18.0. The zero-order valence-electron chi connectivity index (χ0n) is 14.1. The van der Waals surface area contributed by atoms with E-state index < -0.39 is 4.92 Å². The van der Waals surface area contributed by atoms with Gasteiger partial charge in [0.15, 0.2) is 17.6 Å². The van der Waals surface area contributed by atoms with Crippen molar-refractivity contribution in [2.75, 3.05) is 19.7 Å². The summed E-state index contributed by atoms with van der Waals surface area (Å²) in [6, 6.07) is 11.1. The lowest BCUT2D eigenvalue weighted by Gasteiger charge is -2.31. The molecule has 0 saturated carbocycles. The van der Waals surface area contributed by atoms with Crippen molar-refractivity contribution in [3.05, 3.63) is 63.2 Å². The number of nitrogens with zero attached hydrogens (tertiary/aromatic N) is 2. The fourth-order valence-corrected chi connectivity index (χ4v) is 2.91. The Labute approximate surface area is 155 Å². The molecule has 0 bridgehead atoms. The fraction of sp³-hybridized carbons (Fsp3) is 0.278. The number of hydrogen-bond acceptors (Lipinski definition) is 5. The van der Waals surface area contributed by atoms with Crippen molar-refractivity contribution >= 4 is 23.2 Å². The van der Waals surface area contributed by atoms with Crippen molar-refractivity contribution < 1.29 is 19.2 Å². The molecule has 136 valence electrons. The van der Waals surface area contributed by atoms with E-state index in [4.69, 9.17) is 21.1 Å². The smallest absolute Gasteiger partial charge is 0.270 e. The lowest BCUT2D eigenvalue weighted by molar-refractivity contribution is -0.384. The number of nitro groups is 1. The highest BCUT2D eigenvalue weighted by atomic mass is 35.5. The van der Waals surface area contributed by atoms with E-state index in [9.17, 15) is 14.9 Å². The summed E-state index contributed by atoms with van der Waals surface area (Å²) in [7, 11) is 0. The minimum Gasteiger partial charge on any atom is -0.486 e. The molecule has 2 aromatic rings. The second kappa shape index (κ2) is 7.61. The minimum atomic E-state index is -0.557. The van der Waals surface area contributed by atoms with Crippen LogP contribution < -0.4 is 9.47 Å². The van der Waals surface area contributed by atoms with Gasteiger partial charge in [-0.05, 0) is 25.1 Å². The Morgan fingerprint density at radius 1 is 1.31 bits per heavy atom. The number of hydrogen-bond donors (Lipinski definition) is 0. The molecule has 1 atom stereocenters. The predicted octanol–water partition coefficient (Wildman–Crippen LogP) is 3.55. The number of carbonyl (C=O) groups excluding carboxylic acids is 1. The van der Waals surface area contributed by atoms with Crippen LogP contribution in [0.25, 0.3) is 0 Å². The first-order valence-electron chi connectivity index (χ1n) is 8.11. The first-order valence-corrected chi connectivity index (χ1v) is 8.49. The summed E-state index contributed by atoms with van der Waals surface area (Å²) in [4.78, 5) is 24.8. The van der Waals surface area contributed by atoms with Gasteiger partial charge in [0.2, 0.25) is 0 Å². The maximum absolute atomic E-state index is 12.8. The summed E-state index contributed by atoms with van der Waals surface area (Å²) in [5, 5.41) is 11.1. The molecule has 0 aromatic heterocycles. The highest BCUT2D eigenvalue weighted by Gasteiger charge is 2.27. The van der Waals surface area contributed by atoms with E-state index >= 15 is 0 Å². The zero-order valence-corrected chi connectivity index (χ0v) is 14.8. The van der Waals surface area contributed by atoms with Gasteiger partial charge in [0.05, 0.1) is 22.1 Å². The Hall–Kier alpha value is -2.80. The maximum Gasteiger partial charge on any atom is 0.270 e. The number of ether oxygens (including phenoxy) is 2. The summed E-state index contributed by atoms with van der Waals surface area (Å²) in [6.45, 7) is 2.81. The topological polar surface area (TPSA) is 81.9 Å². The Balaban J connectivity index is 1.76. The number of nitro benzene ring substituents is 1. The number of halogens is 1. The quantitative estimate of drug-likeness (QED) is 0.588. The molecule has 2 aromatic carbocycles. The molecular formula is C18H17ClN2O5. The largest absolute Gasteiger partial charge is 0.486 e. The van der Waals surface area contributed by atoms with Gasteiger partial charge in [0.1, 0.15) is 6.61 Å². The van der Waals surface area contributed by atoms with E-state index in [1.54, 1.807) is 6.07 Å². The predicted molar refractivity (Wildman–Crippen MR) is 96.0 cm³/mol. The number of fused-ring (bicyclic) bond motifs is 1. The molecule has 1 unspecified atom stereocenters. The molecule has 26 heavy (non-hydrogen) atoms. The summed E-state index contributed by atoms with van der Waals surface area (Å²) in [5.74, 6) is 0.907. The van der Waals surface area contributed by atoms with Crippen LogP contribution in [0.5, 0.6) is 11.5 Å². The monoisotopic (exact) mass is 376 g/mol. The van der Waals surface area contributed by atoms with Crippen LogP contribution in [0.1, 0.15) is 17.3 Å². The number of carbonyl (C=O) groups is 1. The third-order valence-electron chi connectivity index (χ3n) is 4.05. The van der Waals surface area contributed by atoms with E-state index in [0.717, 1.165) is 0 Å². The molecule has 8 heteroatoms. The average Bonchev–Trinajstić information content (AvgIpc) is 2.65. The molecule has 0 N–H and O–H groups in total. The normalized spacial score (nSPS) is 15.4. The van der Waals surface area contributed by atoms with E-state index in [1.165, 1.54) is 23.1 Å². The third-order valence-corrected chi connectivity index (χ3v) is 4.38. The molecule has 0 radical (unpaired) electrons. The SMILES string of the molecule is CCN(CC1COc2ccccc2O1)C(=O)c1cc([N+](=O)[O-])ccc1Cl. The van der Waals surface area contributed by atoms with Gasteiger partial charge in [-0.25, -0.2) is 0 Å². The number of amides is 1. The molecule has 1 aliphatic rings. The highest BCUT2D eigenvalue weighted by Crippen LogP contribution is 2.31. The van der Waals surface area contributed by atoms with Crippen molar-refractivity contribution in [2.45, 2.75) is 13.0 Å². The van der Waals surface area contributed by atoms with Crippen molar-refractivity contribution in [3.8, 4) is 11.5 Å². The van der Waals surface area contributed by atoms with Crippen molar-refractivity contribution in [2.24, 2.45) is 0 Å². The molecule has 1 aliphatic heterocycles. The molecule has 1 heterocycles. The minimum absolute atomic E-state index is 0.0971. The highest BCUT2D eigenvalue weighted by molar-refractivity contribution is 6.33. The molecule has 0 spiro atoms. The van der Waals surface area contributed by atoms with Gasteiger partial charge >= 0.3 is 0 Å². The van der Waals surface area contributed by atoms with Gasteiger partial charge in [-0.1, -0.05) is 23.7 Å². The van der Waals surface area contributed by atoms with Crippen LogP contribution >= 0.6 is 11.6 Å². The second-order valence-electron chi connectivity index (χ2n) is 5.76. The number of likely N-dealkylation sites (N-methyl/N-ethyl adjacent to an activating group) is 1. The Morgan fingerprint density at radius 2 is 2.04 bits per heavy atom. The summed E-state index contributed by atoms with van der Waals surface area (Å²) in [6.07, 6.45) is -0.341. The summed E-state index contributed by atoms with van der Waals surface area (Å²) >= 11 is 6.08. The van der Waals surface area contributed by atoms with Crippen LogP contribution in [-0.4, -0.2) is 41.5 Å².